The minimum Gasteiger partial charge on any atom is -0.396 e. The van der Waals surface area contributed by atoms with Gasteiger partial charge in [-0.25, -0.2) is 0 Å². The molecule has 0 saturated heterocycles. The standard InChI is InChI=1S/C11H14ClN5/c1-2-17-7-15-16-10(17)6-14-9-5-3-4-8(12)11(9)13/h3-5,7,14H,2,6,13H2,1H3. The number of rotatable bonds is 4. The molecular weight excluding hydrogens is 238 g/mol. The highest BCUT2D eigenvalue weighted by atomic mass is 35.5. The van der Waals surface area contributed by atoms with E-state index in [1.54, 1.807) is 12.4 Å². The summed E-state index contributed by atoms with van der Waals surface area (Å²) in [7, 11) is 0. The predicted octanol–water partition coefficient (Wildman–Crippen LogP) is 2.15. The van der Waals surface area contributed by atoms with Crippen LogP contribution in [0.15, 0.2) is 24.5 Å². The highest BCUT2D eigenvalue weighted by Gasteiger charge is 2.05. The van der Waals surface area contributed by atoms with Crippen LogP contribution in [-0.4, -0.2) is 14.8 Å². The lowest BCUT2D eigenvalue weighted by molar-refractivity contribution is 0.708. The average molecular weight is 252 g/mol. The maximum absolute atomic E-state index is 5.93. The van der Waals surface area contributed by atoms with E-state index in [1.165, 1.54) is 0 Å². The Morgan fingerprint density at radius 2 is 2.29 bits per heavy atom. The number of aromatic nitrogens is 3. The van der Waals surface area contributed by atoms with E-state index in [-0.39, 0.29) is 0 Å². The van der Waals surface area contributed by atoms with Gasteiger partial charge in [0.25, 0.3) is 0 Å². The highest BCUT2D eigenvalue weighted by Crippen LogP contribution is 2.26. The SMILES string of the molecule is CCn1cnnc1CNc1cccc(Cl)c1N. The molecular formula is C11H14ClN5. The lowest BCUT2D eigenvalue weighted by Gasteiger charge is -2.10. The number of aryl methyl sites for hydroxylation is 1. The Labute approximate surface area is 105 Å². The van der Waals surface area contributed by atoms with Gasteiger partial charge in [-0.15, -0.1) is 10.2 Å². The van der Waals surface area contributed by atoms with Gasteiger partial charge in [-0.1, -0.05) is 17.7 Å². The number of halogens is 1. The fraction of sp³-hybridized carbons (Fsp3) is 0.273. The second kappa shape index (κ2) is 5.05. The molecule has 0 unspecified atom stereocenters. The summed E-state index contributed by atoms with van der Waals surface area (Å²) in [6, 6.07) is 5.50. The molecule has 1 aromatic heterocycles. The van der Waals surface area contributed by atoms with Gasteiger partial charge in [0.15, 0.2) is 5.82 Å². The molecule has 5 nitrogen and oxygen atoms in total. The summed E-state index contributed by atoms with van der Waals surface area (Å²) in [6.07, 6.45) is 1.71. The first kappa shape index (κ1) is 11.7. The van der Waals surface area contributed by atoms with Crippen molar-refractivity contribution in [3.8, 4) is 0 Å². The molecule has 0 aliphatic rings. The molecule has 0 saturated carbocycles. The number of nitrogens with zero attached hydrogens (tertiary/aromatic N) is 3. The summed E-state index contributed by atoms with van der Waals surface area (Å²) in [4.78, 5) is 0. The van der Waals surface area contributed by atoms with Crippen molar-refractivity contribution >= 4 is 23.0 Å². The van der Waals surface area contributed by atoms with Gasteiger partial charge in [0.2, 0.25) is 0 Å². The number of nitrogen functional groups attached to an aromatic ring is 1. The van der Waals surface area contributed by atoms with Gasteiger partial charge in [0.1, 0.15) is 6.33 Å². The summed E-state index contributed by atoms with van der Waals surface area (Å²) >= 11 is 5.93. The molecule has 0 atom stereocenters. The van der Waals surface area contributed by atoms with Gasteiger partial charge in [-0.2, -0.15) is 0 Å². The number of hydrogen-bond acceptors (Lipinski definition) is 4. The smallest absolute Gasteiger partial charge is 0.152 e. The van der Waals surface area contributed by atoms with Crippen molar-refractivity contribution in [1.82, 2.24) is 14.8 Å². The quantitative estimate of drug-likeness (QED) is 0.817. The molecule has 2 rings (SSSR count). The van der Waals surface area contributed by atoms with E-state index < -0.39 is 0 Å². The molecule has 1 aromatic carbocycles. The summed E-state index contributed by atoms with van der Waals surface area (Å²) in [5, 5.41) is 11.6. The van der Waals surface area contributed by atoms with Crippen molar-refractivity contribution in [2.45, 2.75) is 20.0 Å². The van der Waals surface area contributed by atoms with Crippen LogP contribution in [0.3, 0.4) is 0 Å². The average Bonchev–Trinajstić information content (AvgIpc) is 2.78. The number of benzene rings is 1. The zero-order chi connectivity index (χ0) is 12.3. The monoisotopic (exact) mass is 251 g/mol. The van der Waals surface area contributed by atoms with Crippen LogP contribution in [0.25, 0.3) is 0 Å². The normalized spacial score (nSPS) is 10.5. The number of hydrogen-bond donors (Lipinski definition) is 2. The Morgan fingerprint density at radius 3 is 3.06 bits per heavy atom. The Balaban J connectivity index is 2.10. The second-order valence-electron chi connectivity index (χ2n) is 3.59. The molecule has 6 heteroatoms. The highest BCUT2D eigenvalue weighted by molar-refractivity contribution is 6.33. The summed E-state index contributed by atoms with van der Waals surface area (Å²) < 4.78 is 1.97. The first-order valence-electron chi connectivity index (χ1n) is 5.37. The van der Waals surface area contributed by atoms with Gasteiger partial charge in [-0.05, 0) is 19.1 Å². The minimum atomic E-state index is 0.548. The van der Waals surface area contributed by atoms with Crippen LogP contribution in [0.4, 0.5) is 11.4 Å². The number of nitrogens with one attached hydrogen (secondary N) is 1. The van der Waals surface area contributed by atoms with Gasteiger partial charge in [0.05, 0.1) is 22.9 Å². The molecule has 0 spiro atoms. The lowest BCUT2D eigenvalue weighted by atomic mass is 10.2. The fourth-order valence-electron chi connectivity index (χ4n) is 1.55. The van der Waals surface area contributed by atoms with Crippen LogP contribution in [0.2, 0.25) is 5.02 Å². The summed E-state index contributed by atoms with van der Waals surface area (Å²) in [5.41, 5.74) is 7.22. The van der Waals surface area contributed by atoms with E-state index in [4.69, 9.17) is 17.3 Å². The fourth-order valence-corrected chi connectivity index (χ4v) is 1.72. The maximum Gasteiger partial charge on any atom is 0.152 e. The molecule has 1 heterocycles. The van der Waals surface area contributed by atoms with Gasteiger partial charge in [-0.3, -0.25) is 0 Å². The third-order valence-electron chi connectivity index (χ3n) is 2.53. The van der Waals surface area contributed by atoms with Crippen molar-refractivity contribution < 1.29 is 0 Å². The molecule has 17 heavy (non-hydrogen) atoms. The lowest BCUT2D eigenvalue weighted by Crippen LogP contribution is -2.08. The van der Waals surface area contributed by atoms with Crippen LogP contribution in [0.5, 0.6) is 0 Å². The van der Waals surface area contributed by atoms with Crippen molar-refractivity contribution in [3.63, 3.8) is 0 Å². The van der Waals surface area contributed by atoms with Crippen LogP contribution in [0.1, 0.15) is 12.7 Å². The van der Waals surface area contributed by atoms with E-state index in [0.29, 0.717) is 17.3 Å². The molecule has 0 bridgehead atoms. The van der Waals surface area contributed by atoms with E-state index in [2.05, 4.69) is 15.5 Å². The maximum atomic E-state index is 5.93. The number of nitrogens with two attached hydrogens (primary N) is 1. The zero-order valence-electron chi connectivity index (χ0n) is 9.52. The molecule has 2 aromatic rings. The van der Waals surface area contributed by atoms with Crippen LogP contribution >= 0.6 is 11.6 Å². The van der Waals surface area contributed by atoms with E-state index in [1.807, 2.05) is 23.6 Å². The number of para-hydroxylation sites is 1. The molecule has 90 valence electrons. The third-order valence-corrected chi connectivity index (χ3v) is 2.86. The first-order chi connectivity index (χ1) is 8.22. The van der Waals surface area contributed by atoms with E-state index >= 15 is 0 Å². The molecule has 0 aliphatic heterocycles. The molecule has 3 N–H and O–H groups in total. The Morgan fingerprint density at radius 1 is 1.47 bits per heavy atom. The molecule has 0 aliphatic carbocycles. The van der Waals surface area contributed by atoms with Crippen LogP contribution < -0.4 is 11.1 Å². The van der Waals surface area contributed by atoms with Gasteiger partial charge in [0, 0.05) is 6.54 Å². The van der Waals surface area contributed by atoms with E-state index in [0.717, 1.165) is 18.1 Å². The van der Waals surface area contributed by atoms with Crippen molar-refractivity contribution in [2.75, 3.05) is 11.1 Å². The van der Waals surface area contributed by atoms with Gasteiger partial charge >= 0.3 is 0 Å². The van der Waals surface area contributed by atoms with Crippen LogP contribution in [0, 0.1) is 0 Å². The largest absolute Gasteiger partial charge is 0.396 e. The summed E-state index contributed by atoms with van der Waals surface area (Å²) in [6.45, 7) is 3.45. The third kappa shape index (κ3) is 2.50. The summed E-state index contributed by atoms with van der Waals surface area (Å²) in [5.74, 6) is 0.867. The van der Waals surface area contributed by atoms with E-state index in [9.17, 15) is 0 Å². The van der Waals surface area contributed by atoms with Gasteiger partial charge < -0.3 is 15.6 Å². The van der Waals surface area contributed by atoms with Crippen molar-refractivity contribution in [3.05, 3.63) is 35.4 Å². The first-order valence-corrected chi connectivity index (χ1v) is 5.74. The Bertz CT molecular complexity index is 508. The molecule has 0 fully saturated rings. The Hall–Kier alpha value is -1.75. The molecule has 0 amide bonds. The molecule has 0 radical (unpaired) electrons. The minimum absolute atomic E-state index is 0.548. The van der Waals surface area contributed by atoms with Crippen molar-refractivity contribution in [1.29, 1.82) is 0 Å². The van der Waals surface area contributed by atoms with Crippen LogP contribution in [-0.2, 0) is 13.1 Å². The topological polar surface area (TPSA) is 68.8 Å². The second-order valence-corrected chi connectivity index (χ2v) is 4.00. The van der Waals surface area contributed by atoms with Crippen molar-refractivity contribution in [2.24, 2.45) is 0 Å². The Kier molecular flexibility index (Phi) is 3.49. The number of anilines is 2. The predicted molar refractivity (Wildman–Crippen MR) is 68.9 cm³/mol. The zero-order valence-corrected chi connectivity index (χ0v) is 10.3.